The standard InChI is InChI=1S/C18H25N3O5S/c1-26-15-4-6-16(7-5-15)27(24,25)21-11-8-14(9-12-21)19-17(22)13-20-10-2-3-18(20)23/h4-7,14H,2-3,8-13H2,1H3,(H,19,22). The van der Waals surface area contributed by atoms with Crippen molar-refractivity contribution >= 4 is 21.8 Å². The Morgan fingerprint density at radius 1 is 1.19 bits per heavy atom. The summed E-state index contributed by atoms with van der Waals surface area (Å²) in [5, 5.41) is 2.92. The SMILES string of the molecule is COc1ccc(S(=O)(=O)N2CCC(NC(=O)CN3CCCC3=O)CC2)cc1. The third kappa shape index (κ3) is 4.59. The quantitative estimate of drug-likeness (QED) is 0.760. The van der Waals surface area contributed by atoms with Gasteiger partial charge < -0.3 is 15.0 Å². The zero-order chi connectivity index (χ0) is 19.4. The molecule has 148 valence electrons. The van der Waals surface area contributed by atoms with Crippen LogP contribution in [-0.2, 0) is 19.6 Å². The molecule has 0 saturated carbocycles. The van der Waals surface area contributed by atoms with E-state index in [9.17, 15) is 18.0 Å². The van der Waals surface area contributed by atoms with Crippen LogP contribution < -0.4 is 10.1 Å². The first-order chi connectivity index (χ1) is 12.9. The van der Waals surface area contributed by atoms with E-state index in [4.69, 9.17) is 4.74 Å². The normalized spacial score (nSPS) is 19.3. The molecule has 2 aliphatic heterocycles. The highest BCUT2D eigenvalue weighted by molar-refractivity contribution is 7.89. The second-order valence-corrected chi connectivity index (χ2v) is 8.78. The lowest BCUT2D eigenvalue weighted by Gasteiger charge is -2.32. The van der Waals surface area contributed by atoms with Gasteiger partial charge in [0.25, 0.3) is 0 Å². The number of hydrogen-bond donors (Lipinski definition) is 1. The van der Waals surface area contributed by atoms with Gasteiger partial charge in [-0.15, -0.1) is 0 Å². The van der Waals surface area contributed by atoms with Crippen molar-refractivity contribution in [3.8, 4) is 5.75 Å². The average molecular weight is 395 g/mol. The third-order valence-corrected chi connectivity index (χ3v) is 6.93. The summed E-state index contributed by atoms with van der Waals surface area (Å²) in [6.07, 6.45) is 2.41. The first kappa shape index (κ1) is 19.6. The predicted molar refractivity (Wildman–Crippen MR) is 98.7 cm³/mol. The fraction of sp³-hybridized carbons (Fsp3) is 0.556. The molecule has 2 amide bonds. The van der Waals surface area contributed by atoms with E-state index in [0.29, 0.717) is 44.6 Å². The van der Waals surface area contributed by atoms with Crippen LogP contribution in [0.25, 0.3) is 0 Å². The molecule has 0 spiro atoms. The van der Waals surface area contributed by atoms with Crippen LogP contribution in [0.4, 0.5) is 0 Å². The van der Waals surface area contributed by atoms with Crippen molar-refractivity contribution in [1.82, 2.24) is 14.5 Å². The molecule has 2 aliphatic rings. The van der Waals surface area contributed by atoms with E-state index in [1.54, 1.807) is 17.0 Å². The molecular formula is C18H25N3O5S. The number of likely N-dealkylation sites (tertiary alicyclic amines) is 1. The van der Waals surface area contributed by atoms with E-state index in [1.165, 1.54) is 23.5 Å². The molecule has 27 heavy (non-hydrogen) atoms. The highest BCUT2D eigenvalue weighted by Gasteiger charge is 2.30. The second kappa shape index (κ2) is 8.26. The second-order valence-electron chi connectivity index (χ2n) is 6.84. The summed E-state index contributed by atoms with van der Waals surface area (Å²) in [5.74, 6) is 0.444. The number of benzene rings is 1. The van der Waals surface area contributed by atoms with Gasteiger partial charge in [0.15, 0.2) is 0 Å². The van der Waals surface area contributed by atoms with Gasteiger partial charge in [0.2, 0.25) is 21.8 Å². The number of nitrogens with one attached hydrogen (secondary N) is 1. The van der Waals surface area contributed by atoms with E-state index >= 15 is 0 Å². The molecular weight excluding hydrogens is 370 g/mol. The number of amides is 2. The molecule has 0 aromatic heterocycles. The molecule has 1 aromatic rings. The number of piperidine rings is 1. The lowest BCUT2D eigenvalue weighted by Crippen LogP contribution is -2.48. The summed E-state index contributed by atoms with van der Waals surface area (Å²) in [6.45, 7) is 1.41. The zero-order valence-corrected chi connectivity index (χ0v) is 16.2. The molecule has 8 nitrogen and oxygen atoms in total. The van der Waals surface area contributed by atoms with Gasteiger partial charge in [0.1, 0.15) is 5.75 Å². The Bertz CT molecular complexity index is 786. The van der Waals surface area contributed by atoms with Gasteiger partial charge in [-0.25, -0.2) is 8.42 Å². The molecule has 9 heteroatoms. The number of nitrogens with zero attached hydrogens (tertiary/aromatic N) is 2. The summed E-state index contributed by atoms with van der Waals surface area (Å²) < 4.78 is 32.0. The van der Waals surface area contributed by atoms with Crippen molar-refractivity contribution in [2.75, 3.05) is 33.3 Å². The Morgan fingerprint density at radius 3 is 2.41 bits per heavy atom. The van der Waals surface area contributed by atoms with E-state index in [2.05, 4.69) is 5.32 Å². The summed E-state index contributed by atoms with van der Waals surface area (Å²) >= 11 is 0. The molecule has 2 fully saturated rings. The van der Waals surface area contributed by atoms with Gasteiger partial charge in [0.05, 0.1) is 18.6 Å². The lowest BCUT2D eigenvalue weighted by molar-refractivity contribution is -0.133. The Hall–Kier alpha value is -2.13. The molecule has 2 saturated heterocycles. The van der Waals surface area contributed by atoms with Crippen LogP contribution in [0.3, 0.4) is 0 Å². The van der Waals surface area contributed by atoms with Crippen LogP contribution in [0.15, 0.2) is 29.2 Å². The van der Waals surface area contributed by atoms with Gasteiger partial charge in [-0.2, -0.15) is 4.31 Å². The van der Waals surface area contributed by atoms with Crippen LogP contribution in [0.2, 0.25) is 0 Å². The molecule has 0 atom stereocenters. The highest BCUT2D eigenvalue weighted by atomic mass is 32.2. The zero-order valence-electron chi connectivity index (χ0n) is 15.4. The molecule has 0 bridgehead atoms. The maximum Gasteiger partial charge on any atom is 0.243 e. The Morgan fingerprint density at radius 2 is 1.85 bits per heavy atom. The van der Waals surface area contributed by atoms with Crippen molar-refractivity contribution < 1.29 is 22.7 Å². The Balaban J connectivity index is 1.51. The topological polar surface area (TPSA) is 96.0 Å². The summed E-state index contributed by atoms with van der Waals surface area (Å²) in [4.78, 5) is 25.5. The van der Waals surface area contributed by atoms with Gasteiger partial charge in [-0.1, -0.05) is 0 Å². The highest BCUT2D eigenvalue weighted by Crippen LogP contribution is 2.23. The number of carbonyl (C=O) groups excluding carboxylic acids is 2. The smallest absolute Gasteiger partial charge is 0.243 e. The largest absolute Gasteiger partial charge is 0.497 e. The number of ether oxygens (including phenoxy) is 1. The van der Waals surface area contributed by atoms with Crippen molar-refractivity contribution in [3.05, 3.63) is 24.3 Å². The minimum atomic E-state index is -3.55. The number of sulfonamides is 1. The summed E-state index contributed by atoms with van der Waals surface area (Å²) in [5.41, 5.74) is 0. The number of methoxy groups -OCH3 is 1. The number of rotatable bonds is 6. The first-order valence-electron chi connectivity index (χ1n) is 9.11. The molecule has 0 radical (unpaired) electrons. The molecule has 2 heterocycles. The fourth-order valence-corrected chi connectivity index (χ4v) is 4.92. The Kier molecular flexibility index (Phi) is 6.01. The fourth-order valence-electron chi connectivity index (χ4n) is 3.46. The van der Waals surface area contributed by atoms with E-state index in [-0.39, 0.29) is 29.3 Å². The third-order valence-electron chi connectivity index (χ3n) is 5.02. The van der Waals surface area contributed by atoms with Gasteiger partial charge in [-0.05, 0) is 43.5 Å². The van der Waals surface area contributed by atoms with Crippen molar-refractivity contribution in [3.63, 3.8) is 0 Å². The van der Waals surface area contributed by atoms with Gasteiger partial charge in [0, 0.05) is 32.1 Å². The minimum absolute atomic E-state index is 0.0190. The van der Waals surface area contributed by atoms with Gasteiger partial charge in [-0.3, -0.25) is 9.59 Å². The van der Waals surface area contributed by atoms with Crippen molar-refractivity contribution in [2.24, 2.45) is 0 Å². The summed E-state index contributed by atoms with van der Waals surface area (Å²) in [7, 11) is -2.02. The van der Waals surface area contributed by atoms with Crippen LogP contribution >= 0.6 is 0 Å². The van der Waals surface area contributed by atoms with Crippen LogP contribution in [0.1, 0.15) is 25.7 Å². The van der Waals surface area contributed by atoms with E-state index in [1.807, 2.05) is 0 Å². The molecule has 1 aromatic carbocycles. The molecule has 0 aliphatic carbocycles. The molecule has 0 unspecified atom stereocenters. The maximum atomic E-state index is 12.7. The minimum Gasteiger partial charge on any atom is -0.497 e. The van der Waals surface area contributed by atoms with Crippen LogP contribution in [0, 0.1) is 0 Å². The van der Waals surface area contributed by atoms with E-state index < -0.39 is 10.0 Å². The monoisotopic (exact) mass is 395 g/mol. The predicted octanol–water partition coefficient (Wildman–Crippen LogP) is 0.587. The van der Waals surface area contributed by atoms with Crippen molar-refractivity contribution in [1.29, 1.82) is 0 Å². The first-order valence-corrected chi connectivity index (χ1v) is 10.6. The maximum absolute atomic E-state index is 12.7. The number of carbonyl (C=O) groups is 2. The van der Waals surface area contributed by atoms with Gasteiger partial charge >= 0.3 is 0 Å². The molecule has 3 rings (SSSR count). The van der Waals surface area contributed by atoms with Crippen LogP contribution in [0.5, 0.6) is 5.75 Å². The lowest BCUT2D eigenvalue weighted by atomic mass is 10.1. The van der Waals surface area contributed by atoms with Crippen LogP contribution in [-0.4, -0.2) is 68.8 Å². The Labute approximate surface area is 159 Å². The van der Waals surface area contributed by atoms with Crippen molar-refractivity contribution in [2.45, 2.75) is 36.6 Å². The van der Waals surface area contributed by atoms with E-state index in [0.717, 1.165) is 6.42 Å². The molecule has 1 N–H and O–H groups in total. The summed E-state index contributed by atoms with van der Waals surface area (Å²) in [6, 6.07) is 6.25. The average Bonchev–Trinajstić information content (AvgIpc) is 3.06. The number of hydrogen-bond acceptors (Lipinski definition) is 5.